The molecular formula is C14H30N2. The second-order valence-electron chi connectivity index (χ2n) is 6.20. The van der Waals surface area contributed by atoms with Crippen molar-refractivity contribution in [1.82, 2.24) is 4.90 Å². The fraction of sp³-hybridized carbons (Fsp3) is 1.00. The van der Waals surface area contributed by atoms with Gasteiger partial charge in [0.05, 0.1) is 0 Å². The number of rotatable bonds is 5. The Labute approximate surface area is 102 Å². The summed E-state index contributed by atoms with van der Waals surface area (Å²) in [5.41, 5.74) is 6.69. The third-order valence-corrected chi connectivity index (χ3v) is 4.55. The number of nitrogens with zero attached hydrogens (tertiary/aromatic N) is 1. The summed E-state index contributed by atoms with van der Waals surface area (Å²) >= 11 is 0. The molecule has 2 N–H and O–H groups in total. The van der Waals surface area contributed by atoms with Crippen LogP contribution in [0.4, 0.5) is 0 Å². The third-order valence-electron chi connectivity index (χ3n) is 4.55. The Bertz CT molecular complexity index is 193. The molecule has 0 aromatic carbocycles. The molecule has 1 rings (SSSR count). The van der Waals surface area contributed by atoms with Gasteiger partial charge < -0.3 is 10.6 Å². The smallest absolute Gasteiger partial charge is 0.00740 e. The van der Waals surface area contributed by atoms with E-state index in [1.54, 1.807) is 0 Å². The first kappa shape index (κ1) is 14.0. The lowest BCUT2D eigenvalue weighted by Gasteiger charge is -2.39. The Morgan fingerprint density at radius 3 is 2.25 bits per heavy atom. The van der Waals surface area contributed by atoms with Crippen molar-refractivity contribution in [3.8, 4) is 0 Å². The van der Waals surface area contributed by atoms with Crippen molar-refractivity contribution in [2.75, 3.05) is 19.6 Å². The van der Waals surface area contributed by atoms with Gasteiger partial charge in [-0.2, -0.15) is 0 Å². The molecule has 0 aromatic rings. The quantitative estimate of drug-likeness (QED) is 0.781. The molecule has 1 aliphatic heterocycles. The predicted molar refractivity (Wildman–Crippen MR) is 71.5 cm³/mol. The van der Waals surface area contributed by atoms with Gasteiger partial charge >= 0.3 is 0 Å². The minimum absolute atomic E-state index is 0.375. The van der Waals surface area contributed by atoms with Crippen LogP contribution >= 0.6 is 0 Å². The molecule has 0 radical (unpaired) electrons. The second kappa shape index (κ2) is 6.02. The lowest BCUT2D eigenvalue weighted by atomic mass is 9.78. The van der Waals surface area contributed by atoms with Crippen LogP contribution in [0.2, 0.25) is 0 Å². The zero-order valence-corrected chi connectivity index (χ0v) is 11.6. The van der Waals surface area contributed by atoms with Crippen LogP contribution in [0.15, 0.2) is 0 Å². The summed E-state index contributed by atoms with van der Waals surface area (Å²) in [6.45, 7) is 12.9. The largest absolute Gasteiger partial charge is 0.327 e. The van der Waals surface area contributed by atoms with E-state index >= 15 is 0 Å². The first-order valence-electron chi connectivity index (χ1n) is 6.95. The van der Waals surface area contributed by atoms with Gasteiger partial charge in [-0.25, -0.2) is 0 Å². The summed E-state index contributed by atoms with van der Waals surface area (Å²) in [5.74, 6) is 0.616. The summed E-state index contributed by atoms with van der Waals surface area (Å²) in [6, 6.07) is 0.375. The van der Waals surface area contributed by atoms with Gasteiger partial charge in [0.2, 0.25) is 0 Å². The van der Waals surface area contributed by atoms with Gasteiger partial charge in [0.25, 0.3) is 0 Å². The maximum atomic E-state index is 6.09. The standard InChI is InChI=1S/C14H30N2/c1-5-14(4)7-10-16(11-8-14)9-6-13(15)12(2)3/h12-13H,5-11,15H2,1-4H3. The normalized spacial score (nSPS) is 23.6. The van der Waals surface area contributed by atoms with Crippen LogP contribution in [0.3, 0.4) is 0 Å². The molecule has 1 unspecified atom stereocenters. The van der Waals surface area contributed by atoms with Gasteiger partial charge in [-0.1, -0.05) is 34.1 Å². The van der Waals surface area contributed by atoms with Crippen LogP contribution < -0.4 is 5.73 Å². The topological polar surface area (TPSA) is 29.3 Å². The van der Waals surface area contributed by atoms with E-state index in [0.29, 0.717) is 17.4 Å². The average molecular weight is 226 g/mol. The highest BCUT2D eigenvalue weighted by atomic mass is 15.1. The fourth-order valence-corrected chi connectivity index (χ4v) is 2.34. The van der Waals surface area contributed by atoms with E-state index in [4.69, 9.17) is 5.73 Å². The van der Waals surface area contributed by atoms with Crippen molar-refractivity contribution in [2.45, 2.75) is 59.4 Å². The van der Waals surface area contributed by atoms with E-state index in [1.807, 2.05) is 0 Å². The Morgan fingerprint density at radius 2 is 1.81 bits per heavy atom. The Hall–Kier alpha value is -0.0800. The Kier molecular flexibility index (Phi) is 5.26. The van der Waals surface area contributed by atoms with Crippen LogP contribution in [0.1, 0.15) is 53.4 Å². The summed E-state index contributed by atoms with van der Waals surface area (Å²) in [6.07, 6.45) is 5.20. The fourth-order valence-electron chi connectivity index (χ4n) is 2.34. The van der Waals surface area contributed by atoms with Gasteiger partial charge in [-0.3, -0.25) is 0 Å². The molecule has 2 heteroatoms. The van der Waals surface area contributed by atoms with Crippen LogP contribution in [0.5, 0.6) is 0 Å². The molecule has 0 spiro atoms. The number of hydrogen-bond donors (Lipinski definition) is 1. The highest BCUT2D eigenvalue weighted by Gasteiger charge is 2.28. The van der Waals surface area contributed by atoms with Crippen LogP contribution in [0.25, 0.3) is 0 Å². The average Bonchev–Trinajstić information content (AvgIpc) is 2.28. The van der Waals surface area contributed by atoms with Crippen molar-refractivity contribution in [2.24, 2.45) is 17.1 Å². The molecular weight excluding hydrogens is 196 g/mol. The first-order valence-corrected chi connectivity index (χ1v) is 6.95. The molecule has 16 heavy (non-hydrogen) atoms. The van der Waals surface area contributed by atoms with Crippen molar-refractivity contribution in [3.63, 3.8) is 0 Å². The molecule has 96 valence electrons. The van der Waals surface area contributed by atoms with Gasteiger partial charge in [0.1, 0.15) is 0 Å². The summed E-state index contributed by atoms with van der Waals surface area (Å²) in [4.78, 5) is 2.60. The van der Waals surface area contributed by atoms with E-state index in [1.165, 1.54) is 38.9 Å². The van der Waals surface area contributed by atoms with Crippen LogP contribution in [-0.2, 0) is 0 Å². The molecule has 1 heterocycles. The first-order chi connectivity index (χ1) is 7.47. The molecule has 2 nitrogen and oxygen atoms in total. The molecule has 1 atom stereocenters. The minimum atomic E-state index is 0.375. The zero-order valence-electron chi connectivity index (χ0n) is 11.6. The van der Waals surface area contributed by atoms with Crippen molar-refractivity contribution < 1.29 is 0 Å². The van der Waals surface area contributed by atoms with E-state index in [2.05, 4.69) is 32.6 Å². The maximum Gasteiger partial charge on any atom is 0.00740 e. The SMILES string of the molecule is CCC1(C)CCN(CCC(N)C(C)C)CC1. The summed E-state index contributed by atoms with van der Waals surface area (Å²) < 4.78 is 0. The lowest BCUT2D eigenvalue weighted by Crippen LogP contribution is -2.41. The van der Waals surface area contributed by atoms with E-state index in [0.717, 1.165) is 6.42 Å². The van der Waals surface area contributed by atoms with Crippen LogP contribution in [-0.4, -0.2) is 30.6 Å². The predicted octanol–water partition coefficient (Wildman–Crippen LogP) is 2.87. The molecule has 0 aromatic heterocycles. The maximum absolute atomic E-state index is 6.09. The van der Waals surface area contributed by atoms with Gasteiger partial charge in [-0.05, 0) is 50.2 Å². The number of piperidine rings is 1. The summed E-state index contributed by atoms with van der Waals surface area (Å²) in [5, 5.41) is 0. The second-order valence-corrected chi connectivity index (χ2v) is 6.20. The molecule has 1 saturated heterocycles. The molecule has 1 fully saturated rings. The van der Waals surface area contributed by atoms with Gasteiger partial charge in [0.15, 0.2) is 0 Å². The highest BCUT2D eigenvalue weighted by Crippen LogP contribution is 2.33. The molecule has 0 amide bonds. The van der Waals surface area contributed by atoms with Gasteiger partial charge in [0, 0.05) is 6.04 Å². The molecule has 0 bridgehead atoms. The zero-order chi connectivity index (χ0) is 12.2. The Morgan fingerprint density at radius 1 is 1.25 bits per heavy atom. The molecule has 1 aliphatic rings. The number of hydrogen-bond acceptors (Lipinski definition) is 2. The highest BCUT2D eigenvalue weighted by molar-refractivity contribution is 4.81. The monoisotopic (exact) mass is 226 g/mol. The number of likely N-dealkylation sites (tertiary alicyclic amines) is 1. The Balaban J connectivity index is 2.22. The lowest BCUT2D eigenvalue weighted by molar-refractivity contribution is 0.111. The van der Waals surface area contributed by atoms with Crippen molar-refractivity contribution in [3.05, 3.63) is 0 Å². The van der Waals surface area contributed by atoms with E-state index < -0.39 is 0 Å². The molecule has 0 aliphatic carbocycles. The number of nitrogens with two attached hydrogens (primary N) is 1. The van der Waals surface area contributed by atoms with E-state index in [-0.39, 0.29) is 0 Å². The van der Waals surface area contributed by atoms with Gasteiger partial charge in [-0.15, -0.1) is 0 Å². The molecule has 0 saturated carbocycles. The van der Waals surface area contributed by atoms with Crippen molar-refractivity contribution >= 4 is 0 Å². The van der Waals surface area contributed by atoms with Crippen LogP contribution in [0, 0.1) is 11.3 Å². The third kappa shape index (κ3) is 4.06. The van der Waals surface area contributed by atoms with Crippen molar-refractivity contribution in [1.29, 1.82) is 0 Å². The minimum Gasteiger partial charge on any atom is -0.327 e. The van der Waals surface area contributed by atoms with E-state index in [9.17, 15) is 0 Å². The summed E-state index contributed by atoms with van der Waals surface area (Å²) in [7, 11) is 0.